The zero-order valence-corrected chi connectivity index (χ0v) is 10.7. The molecule has 5 heteroatoms. The third-order valence-corrected chi connectivity index (χ3v) is 2.84. The normalized spacial score (nSPS) is 10.4. The fourth-order valence-corrected chi connectivity index (χ4v) is 1.88. The van der Waals surface area contributed by atoms with Gasteiger partial charge in [0.25, 0.3) is 0 Å². The maximum Gasteiger partial charge on any atom is 0.229 e. The van der Waals surface area contributed by atoms with E-state index >= 15 is 0 Å². The highest BCUT2D eigenvalue weighted by Crippen LogP contribution is 1.99. The number of nitrogens with one attached hydrogen (secondary N) is 1. The number of aromatic nitrogens is 2. The van der Waals surface area contributed by atoms with Crippen LogP contribution in [0.5, 0.6) is 0 Å². The number of carbonyl (C=O) groups excluding carboxylic acids is 1. The van der Waals surface area contributed by atoms with Gasteiger partial charge in [0.05, 0.1) is 5.75 Å². The average Bonchev–Trinajstić information content (AvgIpc) is 2.72. The first-order valence-corrected chi connectivity index (χ1v) is 6.93. The fraction of sp³-hybridized carbons (Fsp3) is 0.636. The molecule has 0 atom stereocenters. The third-order valence-electron chi connectivity index (χ3n) is 2.29. The average molecular weight is 241 g/mol. The van der Waals surface area contributed by atoms with Crippen molar-refractivity contribution in [2.75, 3.05) is 18.6 Å². The summed E-state index contributed by atoms with van der Waals surface area (Å²) in [6, 6.07) is 0. The summed E-state index contributed by atoms with van der Waals surface area (Å²) in [5, 5.41) is 2.89. The highest BCUT2D eigenvalue weighted by atomic mass is 32.2. The summed E-state index contributed by atoms with van der Waals surface area (Å²) in [5.74, 6) is 1.77. The van der Waals surface area contributed by atoms with Gasteiger partial charge in [-0.05, 0) is 12.7 Å². The summed E-state index contributed by atoms with van der Waals surface area (Å²) < 4.78 is 2.14. The Hall–Kier alpha value is -0.970. The number of imidazole rings is 1. The lowest BCUT2D eigenvalue weighted by Crippen LogP contribution is -2.26. The van der Waals surface area contributed by atoms with Crippen molar-refractivity contribution in [3.05, 3.63) is 18.2 Å². The van der Waals surface area contributed by atoms with Crippen LogP contribution < -0.4 is 5.32 Å². The van der Waals surface area contributed by atoms with Gasteiger partial charge in [-0.2, -0.15) is 11.8 Å². The highest BCUT2D eigenvalue weighted by molar-refractivity contribution is 7.99. The lowest BCUT2D eigenvalue weighted by Gasteiger charge is -2.07. The van der Waals surface area contributed by atoms with Gasteiger partial charge in [0.2, 0.25) is 5.91 Å². The van der Waals surface area contributed by atoms with Gasteiger partial charge in [-0.25, -0.2) is 4.98 Å². The van der Waals surface area contributed by atoms with E-state index in [-0.39, 0.29) is 5.91 Å². The van der Waals surface area contributed by atoms with Gasteiger partial charge >= 0.3 is 0 Å². The molecule has 0 aromatic carbocycles. The zero-order valence-electron chi connectivity index (χ0n) is 9.90. The van der Waals surface area contributed by atoms with Crippen LogP contribution >= 0.6 is 11.8 Å². The van der Waals surface area contributed by atoms with Crippen LogP contribution in [0, 0.1) is 0 Å². The molecule has 0 aliphatic carbocycles. The van der Waals surface area contributed by atoms with Gasteiger partial charge in [0.1, 0.15) is 5.82 Å². The van der Waals surface area contributed by atoms with E-state index in [0.717, 1.165) is 31.8 Å². The minimum atomic E-state index is 0.119. The molecule has 16 heavy (non-hydrogen) atoms. The Labute approximate surface area is 101 Å². The van der Waals surface area contributed by atoms with Gasteiger partial charge in [0.15, 0.2) is 0 Å². The standard InChI is InChI=1S/C11H19N3OS/c1-3-10-12-6-8-14(10)7-4-5-13-11(15)9-16-2/h6,8H,3-5,7,9H2,1-2H3,(H,13,15). The number of rotatable bonds is 7. The second-order valence-corrected chi connectivity index (χ2v) is 4.39. The molecule has 0 bridgehead atoms. The summed E-state index contributed by atoms with van der Waals surface area (Å²) >= 11 is 1.54. The Morgan fingerprint density at radius 1 is 1.62 bits per heavy atom. The number of carbonyl (C=O) groups is 1. The predicted octanol–water partition coefficient (Wildman–Crippen LogP) is 1.31. The van der Waals surface area contributed by atoms with Crippen molar-refractivity contribution in [1.82, 2.24) is 14.9 Å². The van der Waals surface area contributed by atoms with Crippen molar-refractivity contribution >= 4 is 17.7 Å². The number of amides is 1. The molecule has 0 fully saturated rings. The third kappa shape index (κ3) is 4.26. The summed E-state index contributed by atoms with van der Waals surface area (Å²) in [5.41, 5.74) is 0. The van der Waals surface area contributed by atoms with Crippen LogP contribution in [-0.2, 0) is 17.8 Å². The van der Waals surface area contributed by atoms with E-state index in [2.05, 4.69) is 21.8 Å². The molecular formula is C11H19N3OS. The van der Waals surface area contributed by atoms with E-state index < -0.39 is 0 Å². The molecule has 90 valence electrons. The molecule has 1 N–H and O–H groups in total. The molecule has 1 amide bonds. The lowest BCUT2D eigenvalue weighted by molar-refractivity contribution is -0.118. The number of hydrogen-bond donors (Lipinski definition) is 1. The van der Waals surface area contributed by atoms with E-state index in [9.17, 15) is 4.79 Å². The van der Waals surface area contributed by atoms with E-state index in [1.807, 2.05) is 18.6 Å². The molecule has 0 saturated heterocycles. The number of hydrogen-bond acceptors (Lipinski definition) is 3. The van der Waals surface area contributed by atoms with Crippen molar-refractivity contribution in [1.29, 1.82) is 0 Å². The number of nitrogens with zero attached hydrogens (tertiary/aromatic N) is 2. The maximum atomic E-state index is 11.2. The Bertz CT molecular complexity index is 325. The molecule has 1 aromatic heterocycles. The SMILES string of the molecule is CCc1nccn1CCCNC(=O)CSC. The van der Waals surface area contributed by atoms with Gasteiger partial charge in [0, 0.05) is 31.9 Å². The van der Waals surface area contributed by atoms with Crippen LogP contribution in [0.15, 0.2) is 12.4 Å². The summed E-state index contributed by atoms with van der Waals surface area (Å²) in [6.45, 7) is 3.75. The van der Waals surface area contributed by atoms with Crippen LogP contribution in [0.25, 0.3) is 0 Å². The molecular weight excluding hydrogens is 222 g/mol. The van der Waals surface area contributed by atoms with Gasteiger partial charge in [-0.15, -0.1) is 0 Å². The molecule has 0 unspecified atom stereocenters. The van der Waals surface area contributed by atoms with Gasteiger partial charge in [-0.3, -0.25) is 4.79 Å². The molecule has 0 radical (unpaired) electrons. The van der Waals surface area contributed by atoms with Crippen molar-refractivity contribution in [3.63, 3.8) is 0 Å². The first-order valence-electron chi connectivity index (χ1n) is 5.53. The molecule has 0 spiro atoms. The molecule has 0 saturated carbocycles. The van der Waals surface area contributed by atoms with Crippen LogP contribution in [0.2, 0.25) is 0 Å². The zero-order chi connectivity index (χ0) is 11.8. The van der Waals surface area contributed by atoms with Crippen LogP contribution in [0.4, 0.5) is 0 Å². The smallest absolute Gasteiger partial charge is 0.229 e. The maximum absolute atomic E-state index is 11.2. The lowest BCUT2D eigenvalue weighted by atomic mass is 10.4. The minimum Gasteiger partial charge on any atom is -0.355 e. The van der Waals surface area contributed by atoms with Crippen molar-refractivity contribution < 1.29 is 4.79 Å². The quantitative estimate of drug-likeness (QED) is 0.732. The van der Waals surface area contributed by atoms with Crippen molar-refractivity contribution in [3.8, 4) is 0 Å². The Balaban J connectivity index is 2.18. The van der Waals surface area contributed by atoms with Crippen molar-refractivity contribution in [2.24, 2.45) is 0 Å². The Morgan fingerprint density at radius 3 is 3.12 bits per heavy atom. The van der Waals surface area contributed by atoms with Crippen LogP contribution in [0.1, 0.15) is 19.2 Å². The van der Waals surface area contributed by atoms with Gasteiger partial charge in [-0.1, -0.05) is 6.92 Å². The largest absolute Gasteiger partial charge is 0.355 e. The fourth-order valence-electron chi connectivity index (χ4n) is 1.52. The molecule has 0 aliphatic heterocycles. The first-order chi connectivity index (χ1) is 7.77. The number of aryl methyl sites for hydroxylation is 2. The second kappa shape index (κ2) is 7.33. The van der Waals surface area contributed by atoms with E-state index in [0.29, 0.717) is 5.75 Å². The van der Waals surface area contributed by atoms with Gasteiger partial charge < -0.3 is 9.88 Å². The monoisotopic (exact) mass is 241 g/mol. The summed E-state index contributed by atoms with van der Waals surface area (Å²) in [4.78, 5) is 15.4. The molecule has 1 rings (SSSR count). The first kappa shape index (κ1) is 13.1. The Kier molecular flexibility index (Phi) is 6.00. The van der Waals surface area contributed by atoms with E-state index in [4.69, 9.17) is 0 Å². The van der Waals surface area contributed by atoms with E-state index in [1.54, 1.807) is 11.8 Å². The van der Waals surface area contributed by atoms with E-state index in [1.165, 1.54) is 0 Å². The summed E-state index contributed by atoms with van der Waals surface area (Å²) in [7, 11) is 0. The molecule has 4 nitrogen and oxygen atoms in total. The molecule has 1 heterocycles. The summed E-state index contributed by atoms with van der Waals surface area (Å²) in [6.07, 6.45) is 7.64. The molecule has 0 aliphatic rings. The highest BCUT2D eigenvalue weighted by Gasteiger charge is 2.01. The topological polar surface area (TPSA) is 46.9 Å². The predicted molar refractivity (Wildman–Crippen MR) is 67.6 cm³/mol. The number of thioether (sulfide) groups is 1. The Morgan fingerprint density at radius 2 is 2.44 bits per heavy atom. The second-order valence-electron chi connectivity index (χ2n) is 3.53. The van der Waals surface area contributed by atoms with Crippen molar-refractivity contribution in [2.45, 2.75) is 26.3 Å². The minimum absolute atomic E-state index is 0.119. The van der Waals surface area contributed by atoms with Crippen LogP contribution in [-0.4, -0.2) is 34.0 Å². The molecule has 1 aromatic rings. The van der Waals surface area contributed by atoms with Crippen LogP contribution in [0.3, 0.4) is 0 Å².